The van der Waals surface area contributed by atoms with Gasteiger partial charge in [-0.1, -0.05) is 0 Å². The summed E-state index contributed by atoms with van der Waals surface area (Å²) < 4.78 is 0. The molecule has 5 N–H and O–H groups in total. The van der Waals surface area contributed by atoms with E-state index in [1.54, 1.807) is 0 Å². The van der Waals surface area contributed by atoms with Crippen molar-refractivity contribution in [2.75, 3.05) is 29.5 Å². The quantitative estimate of drug-likeness (QED) is 0.673. The highest BCUT2D eigenvalue weighted by Crippen LogP contribution is 2.26. The standard InChI is InChI=1S/C12H17N7/c13-6-8-2-1-4-19(5-3-8)11-9(7-14)10(15)17-12(16)18-11/h7-8,14H,1-5H2,(H4,15,16,17,18). The van der Waals surface area contributed by atoms with Crippen LogP contribution < -0.4 is 16.4 Å². The van der Waals surface area contributed by atoms with Gasteiger partial charge in [0.25, 0.3) is 0 Å². The molecule has 0 bridgehead atoms. The van der Waals surface area contributed by atoms with E-state index in [-0.39, 0.29) is 17.7 Å². The number of nitrogens with one attached hydrogen (secondary N) is 1. The second-order valence-corrected chi connectivity index (χ2v) is 4.59. The molecule has 7 nitrogen and oxygen atoms in total. The van der Waals surface area contributed by atoms with E-state index in [1.807, 2.05) is 4.90 Å². The van der Waals surface area contributed by atoms with Crippen molar-refractivity contribution in [3.63, 3.8) is 0 Å². The van der Waals surface area contributed by atoms with Crippen molar-refractivity contribution in [3.05, 3.63) is 5.56 Å². The van der Waals surface area contributed by atoms with Crippen LogP contribution in [0.3, 0.4) is 0 Å². The van der Waals surface area contributed by atoms with Crippen LogP contribution in [0, 0.1) is 22.7 Å². The Hall–Kier alpha value is -2.36. The third-order valence-corrected chi connectivity index (χ3v) is 3.33. The Kier molecular flexibility index (Phi) is 3.80. The molecule has 1 saturated heterocycles. The Bertz CT molecular complexity index is 520. The zero-order chi connectivity index (χ0) is 13.8. The van der Waals surface area contributed by atoms with Crippen LogP contribution >= 0.6 is 0 Å². The van der Waals surface area contributed by atoms with Crippen LogP contribution in [0.5, 0.6) is 0 Å². The molecule has 0 aliphatic carbocycles. The highest BCUT2D eigenvalue weighted by atomic mass is 15.2. The van der Waals surface area contributed by atoms with Gasteiger partial charge in [0, 0.05) is 25.2 Å². The molecule has 0 aromatic carbocycles. The minimum Gasteiger partial charge on any atom is -0.383 e. The highest BCUT2D eigenvalue weighted by molar-refractivity contribution is 5.90. The van der Waals surface area contributed by atoms with Gasteiger partial charge in [0.2, 0.25) is 5.95 Å². The Balaban J connectivity index is 2.31. The monoisotopic (exact) mass is 259 g/mol. The lowest BCUT2D eigenvalue weighted by atomic mass is 10.0. The smallest absolute Gasteiger partial charge is 0.223 e. The Morgan fingerprint density at radius 2 is 2.11 bits per heavy atom. The van der Waals surface area contributed by atoms with Crippen molar-refractivity contribution in [2.45, 2.75) is 19.3 Å². The predicted molar refractivity (Wildman–Crippen MR) is 73.9 cm³/mol. The highest BCUT2D eigenvalue weighted by Gasteiger charge is 2.21. The van der Waals surface area contributed by atoms with E-state index in [0.29, 0.717) is 11.4 Å². The molecule has 2 rings (SSSR count). The molecule has 2 heterocycles. The van der Waals surface area contributed by atoms with E-state index in [4.69, 9.17) is 22.1 Å². The average Bonchev–Trinajstić information content (AvgIpc) is 2.63. The van der Waals surface area contributed by atoms with Crippen molar-refractivity contribution in [2.24, 2.45) is 5.92 Å². The van der Waals surface area contributed by atoms with Gasteiger partial charge in [-0.05, 0) is 19.3 Å². The van der Waals surface area contributed by atoms with Crippen molar-refractivity contribution in [1.82, 2.24) is 9.97 Å². The van der Waals surface area contributed by atoms with E-state index < -0.39 is 0 Å². The molecule has 0 saturated carbocycles. The van der Waals surface area contributed by atoms with Crippen molar-refractivity contribution in [3.8, 4) is 6.07 Å². The van der Waals surface area contributed by atoms with E-state index >= 15 is 0 Å². The van der Waals surface area contributed by atoms with Crippen molar-refractivity contribution < 1.29 is 0 Å². The van der Waals surface area contributed by atoms with Crippen LogP contribution in [0.1, 0.15) is 24.8 Å². The molecule has 1 aromatic rings. The Morgan fingerprint density at radius 3 is 2.79 bits per heavy atom. The van der Waals surface area contributed by atoms with Crippen LogP contribution in [0.15, 0.2) is 0 Å². The van der Waals surface area contributed by atoms with E-state index in [2.05, 4.69) is 16.0 Å². The predicted octanol–water partition coefficient (Wildman–Crippen LogP) is 0.769. The van der Waals surface area contributed by atoms with Crippen molar-refractivity contribution in [1.29, 1.82) is 10.7 Å². The molecule has 0 amide bonds. The van der Waals surface area contributed by atoms with Crippen LogP contribution in [0.4, 0.5) is 17.6 Å². The van der Waals surface area contributed by atoms with E-state index in [1.165, 1.54) is 0 Å². The van der Waals surface area contributed by atoms with E-state index in [0.717, 1.165) is 38.6 Å². The van der Waals surface area contributed by atoms with Crippen LogP contribution in [0.25, 0.3) is 0 Å². The molecule has 100 valence electrons. The lowest BCUT2D eigenvalue weighted by Gasteiger charge is -2.23. The minimum atomic E-state index is 0.0879. The summed E-state index contributed by atoms with van der Waals surface area (Å²) in [5.74, 6) is 1.02. The van der Waals surface area contributed by atoms with Gasteiger partial charge in [-0.15, -0.1) is 0 Å². The number of rotatable bonds is 2. The first-order chi connectivity index (χ1) is 9.15. The van der Waals surface area contributed by atoms with Gasteiger partial charge in [-0.2, -0.15) is 15.2 Å². The lowest BCUT2D eigenvalue weighted by molar-refractivity contribution is 0.590. The maximum Gasteiger partial charge on any atom is 0.223 e. The maximum absolute atomic E-state index is 8.99. The van der Waals surface area contributed by atoms with Gasteiger partial charge in [0.05, 0.1) is 11.6 Å². The SMILES string of the molecule is N#CC1CCCN(c2nc(N)nc(N)c2C=N)CC1. The number of nitrogens with two attached hydrogens (primary N) is 2. The fourth-order valence-electron chi connectivity index (χ4n) is 2.31. The first-order valence-corrected chi connectivity index (χ1v) is 6.23. The number of anilines is 3. The summed E-state index contributed by atoms with van der Waals surface area (Å²) in [7, 11) is 0. The van der Waals surface area contributed by atoms with Gasteiger partial charge in [-0.25, -0.2) is 0 Å². The number of hydrogen-bond donors (Lipinski definition) is 3. The third-order valence-electron chi connectivity index (χ3n) is 3.33. The summed E-state index contributed by atoms with van der Waals surface area (Å²) >= 11 is 0. The van der Waals surface area contributed by atoms with Gasteiger partial charge < -0.3 is 21.8 Å². The van der Waals surface area contributed by atoms with Gasteiger partial charge in [0.15, 0.2) is 0 Å². The second-order valence-electron chi connectivity index (χ2n) is 4.59. The molecule has 0 radical (unpaired) electrons. The molecule has 1 aliphatic rings. The lowest BCUT2D eigenvalue weighted by Crippen LogP contribution is -2.27. The summed E-state index contributed by atoms with van der Waals surface area (Å²) in [5.41, 5.74) is 11.9. The van der Waals surface area contributed by atoms with Crippen molar-refractivity contribution >= 4 is 23.8 Å². The molecule has 1 unspecified atom stereocenters. The Morgan fingerprint density at radius 1 is 1.32 bits per heavy atom. The first-order valence-electron chi connectivity index (χ1n) is 6.23. The molecule has 1 aliphatic heterocycles. The number of nitrogen functional groups attached to an aromatic ring is 2. The maximum atomic E-state index is 8.99. The number of aromatic nitrogens is 2. The third kappa shape index (κ3) is 2.73. The summed E-state index contributed by atoms with van der Waals surface area (Å²) in [5, 5.41) is 16.4. The summed E-state index contributed by atoms with van der Waals surface area (Å²) in [6.45, 7) is 1.50. The molecule has 1 aromatic heterocycles. The minimum absolute atomic E-state index is 0.0879. The normalized spacial score (nSPS) is 19.5. The Labute approximate surface area is 111 Å². The van der Waals surface area contributed by atoms with Crippen LogP contribution in [-0.4, -0.2) is 29.3 Å². The molecule has 1 atom stereocenters. The molecular formula is C12H17N7. The zero-order valence-corrected chi connectivity index (χ0v) is 10.6. The first kappa shape index (κ1) is 13.1. The van der Waals surface area contributed by atoms with Crippen LogP contribution in [-0.2, 0) is 0 Å². The van der Waals surface area contributed by atoms with Crippen LogP contribution in [0.2, 0.25) is 0 Å². The molecule has 0 spiro atoms. The fraction of sp³-hybridized carbons (Fsp3) is 0.500. The average molecular weight is 259 g/mol. The molecule has 19 heavy (non-hydrogen) atoms. The topological polar surface area (TPSA) is 129 Å². The number of hydrogen-bond acceptors (Lipinski definition) is 7. The summed E-state index contributed by atoms with van der Waals surface area (Å²) in [4.78, 5) is 10.1. The van der Waals surface area contributed by atoms with E-state index in [9.17, 15) is 0 Å². The zero-order valence-electron chi connectivity index (χ0n) is 10.6. The molecular weight excluding hydrogens is 242 g/mol. The number of nitriles is 1. The molecule has 1 fully saturated rings. The van der Waals surface area contributed by atoms with Gasteiger partial charge >= 0.3 is 0 Å². The molecule has 7 heteroatoms. The number of nitrogens with zero attached hydrogens (tertiary/aromatic N) is 4. The summed E-state index contributed by atoms with van der Waals surface area (Å²) in [6, 6.07) is 2.31. The second kappa shape index (κ2) is 5.52. The fourth-order valence-corrected chi connectivity index (χ4v) is 2.31. The summed E-state index contributed by atoms with van der Waals surface area (Å²) in [6.07, 6.45) is 3.75. The largest absolute Gasteiger partial charge is 0.383 e. The van der Waals surface area contributed by atoms with Gasteiger partial charge in [-0.3, -0.25) is 0 Å². The van der Waals surface area contributed by atoms with Gasteiger partial charge in [0.1, 0.15) is 11.6 Å².